The molecule has 0 fully saturated rings. The summed E-state index contributed by atoms with van der Waals surface area (Å²) >= 11 is 0. The molecule has 0 aliphatic heterocycles. The molecule has 4 aromatic rings. The Balaban J connectivity index is 1.68. The standard InChI is InChI=1S/C33H35FN4O5/c1-32(2,3)42-28-18-26(38-31(41)43-33(4,5)6)25(17-24(28)20-10-12-23(34)13-11-20)37-29(40)19-27(39)21-8-7-9-22(16-21)30-35-14-15-36-30/h7-18H,19H2,1-6H3,(H,35,36)(H,37,40)(H,38,41). The first kappa shape index (κ1) is 31.0. The van der Waals surface area contributed by atoms with Gasteiger partial charge in [-0.25, -0.2) is 14.2 Å². The second-order valence-corrected chi connectivity index (χ2v) is 11.9. The first-order valence-corrected chi connectivity index (χ1v) is 13.7. The van der Waals surface area contributed by atoms with E-state index in [0.717, 1.165) is 0 Å². The monoisotopic (exact) mass is 586 g/mol. The number of H-pyrrole nitrogens is 1. The third-order valence-corrected chi connectivity index (χ3v) is 5.88. The van der Waals surface area contributed by atoms with E-state index in [1.165, 1.54) is 12.1 Å². The number of carbonyl (C=O) groups is 3. The van der Waals surface area contributed by atoms with Crippen LogP contribution in [-0.2, 0) is 9.53 Å². The summed E-state index contributed by atoms with van der Waals surface area (Å²) in [6.45, 7) is 10.8. The third-order valence-electron chi connectivity index (χ3n) is 5.88. The number of rotatable bonds is 8. The lowest BCUT2D eigenvalue weighted by Crippen LogP contribution is -2.28. The van der Waals surface area contributed by atoms with Crippen LogP contribution < -0.4 is 15.4 Å². The Morgan fingerprint density at radius 1 is 0.860 bits per heavy atom. The second-order valence-electron chi connectivity index (χ2n) is 11.9. The van der Waals surface area contributed by atoms with Crippen LogP contribution >= 0.6 is 0 Å². The average molecular weight is 587 g/mol. The number of hydrogen-bond acceptors (Lipinski definition) is 6. The van der Waals surface area contributed by atoms with Crippen LogP contribution in [0, 0.1) is 5.82 Å². The molecule has 3 N–H and O–H groups in total. The van der Waals surface area contributed by atoms with Crippen LogP contribution in [0.5, 0.6) is 5.75 Å². The van der Waals surface area contributed by atoms with Crippen molar-refractivity contribution in [2.45, 2.75) is 59.2 Å². The van der Waals surface area contributed by atoms with Gasteiger partial charge in [-0.05, 0) is 71.4 Å². The molecule has 0 aliphatic rings. The molecule has 0 aliphatic carbocycles. The number of amides is 2. The fraction of sp³-hybridized carbons (Fsp3) is 0.273. The van der Waals surface area contributed by atoms with Crippen LogP contribution in [-0.4, -0.2) is 39.0 Å². The minimum absolute atomic E-state index is 0.194. The van der Waals surface area contributed by atoms with E-state index in [4.69, 9.17) is 9.47 Å². The first-order valence-electron chi connectivity index (χ1n) is 13.7. The lowest BCUT2D eigenvalue weighted by atomic mass is 10.0. The van der Waals surface area contributed by atoms with Gasteiger partial charge in [-0.3, -0.25) is 14.9 Å². The smallest absolute Gasteiger partial charge is 0.412 e. The van der Waals surface area contributed by atoms with Gasteiger partial charge in [-0.2, -0.15) is 0 Å². The molecule has 224 valence electrons. The molecule has 2 amide bonds. The Hall–Kier alpha value is -4.99. The van der Waals surface area contributed by atoms with Gasteiger partial charge >= 0.3 is 6.09 Å². The van der Waals surface area contributed by atoms with Crippen LogP contribution in [0.4, 0.5) is 20.6 Å². The second kappa shape index (κ2) is 12.5. The summed E-state index contributed by atoms with van der Waals surface area (Å²) in [7, 11) is 0. The molecule has 9 nitrogen and oxygen atoms in total. The highest BCUT2D eigenvalue weighted by molar-refractivity contribution is 6.12. The zero-order valence-electron chi connectivity index (χ0n) is 25.0. The van der Waals surface area contributed by atoms with Gasteiger partial charge < -0.3 is 19.8 Å². The predicted octanol–water partition coefficient (Wildman–Crippen LogP) is 7.62. The summed E-state index contributed by atoms with van der Waals surface area (Å²) in [6.07, 6.45) is 2.08. The van der Waals surface area contributed by atoms with Crippen LogP contribution in [0.25, 0.3) is 22.5 Å². The lowest BCUT2D eigenvalue weighted by Gasteiger charge is -2.26. The maximum Gasteiger partial charge on any atom is 0.412 e. The lowest BCUT2D eigenvalue weighted by molar-refractivity contribution is -0.115. The Morgan fingerprint density at radius 2 is 1.56 bits per heavy atom. The van der Waals surface area contributed by atoms with Crippen molar-refractivity contribution in [2.75, 3.05) is 10.6 Å². The Morgan fingerprint density at radius 3 is 2.19 bits per heavy atom. The number of imidazole rings is 1. The molecule has 0 spiro atoms. The van der Waals surface area contributed by atoms with Crippen molar-refractivity contribution in [3.8, 4) is 28.3 Å². The van der Waals surface area contributed by atoms with Gasteiger partial charge in [-0.1, -0.05) is 30.3 Å². The molecular weight excluding hydrogens is 551 g/mol. The van der Waals surface area contributed by atoms with Crippen molar-refractivity contribution in [3.05, 3.63) is 84.4 Å². The summed E-state index contributed by atoms with van der Waals surface area (Å²) in [5.41, 5.74) is 1.20. The summed E-state index contributed by atoms with van der Waals surface area (Å²) in [5, 5.41) is 5.44. The molecule has 0 unspecified atom stereocenters. The van der Waals surface area contributed by atoms with Crippen LogP contribution in [0.3, 0.4) is 0 Å². The number of aromatic amines is 1. The van der Waals surface area contributed by atoms with Gasteiger partial charge in [0.1, 0.15) is 28.6 Å². The fourth-order valence-electron chi connectivity index (χ4n) is 4.17. The largest absolute Gasteiger partial charge is 0.487 e. The number of ketones is 1. The number of halogens is 1. The Bertz CT molecular complexity index is 1620. The van der Waals surface area contributed by atoms with Gasteiger partial charge in [0.2, 0.25) is 5.91 Å². The molecule has 0 saturated carbocycles. The average Bonchev–Trinajstić information content (AvgIpc) is 3.44. The molecule has 1 heterocycles. The minimum Gasteiger partial charge on any atom is -0.487 e. The quantitative estimate of drug-likeness (QED) is 0.144. The van der Waals surface area contributed by atoms with Gasteiger partial charge in [0.25, 0.3) is 0 Å². The van der Waals surface area contributed by atoms with Crippen LogP contribution in [0.2, 0.25) is 0 Å². The van der Waals surface area contributed by atoms with E-state index in [2.05, 4.69) is 20.6 Å². The van der Waals surface area contributed by atoms with E-state index in [0.29, 0.717) is 33.8 Å². The number of hydrogen-bond donors (Lipinski definition) is 3. The molecule has 3 aromatic carbocycles. The minimum atomic E-state index is -0.775. The van der Waals surface area contributed by atoms with E-state index in [9.17, 15) is 18.8 Å². The van der Waals surface area contributed by atoms with Crippen LogP contribution in [0.1, 0.15) is 58.3 Å². The topological polar surface area (TPSA) is 122 Å². The molecule has 0 atom stereocenters. The number of carbonyl (C=O) groups excluding carboxylic acids is 3. The predicted molar refractivity (Wildman–Crippen MR) is 164 cm³/mol. The molecular formula is C33H35FN4O5. The number of anilines is 2. The third kappa shape index (κ3) is 8.75. The number of aromatic nitrogens is 2. The summed E-state index contributed by atoms with van der Waals surface area (Å²) in [6, 6.07) is 15.8. The van der Waals surface area contributed by atoms with E-state index in [1.54, 1.807) is 75.6 Å². The van der Waals surface area contributed by atoms with Crippen molar-refractivity contribution in [3.63, 3.8) is 0 Å². The van der Waals surface area contributed by atoms with Gasteiger partial charge in [-0.15, -0.1) is 0 Å². The molecule has 0 radical (unpaired) electrons. The normalized spacial score (nSPS) is 11.5. The summed E-state index contributed by atoms with van der Waals surface area (Å²) in [5.74, 6) is -0.431. The van der Waals surface area contributed by atoms with Gasteiger partial charge in [0, 0.05) is 35.2 Å². The van der Waals surface area contributed by atoms with Gasteiger partial charge in [0.15, 0.2) is 5.78 Å². The summed E-state index contributed by atoms with van der Waals surface area (Å²) < 4.78 is 25.4. The van der Waals surface area contributed by atoms with Crippen molar-refractivity contribution in [2.24, 2.45) is 0 Å². The molecule has 43 heavy (non-hydrogen) atoms. The SMILES string of the molecule is CC(C)(C)OC(=O)Nc1cc(OC(C)(C)C)c(-c2ccc(F)cc2)cc1NC(=O)CC(=O)c1cccc(-c2ncc[nH]2)c1. The number of Topliss-reactive ketones (excluding diaryl/α,β-unsaturated/α-hetero) is 1. The molecule has 0 bridgehead atoms. The first-order chi connectivity index (χ1) is 20.2. The molecule has 4 rings (SSSR count). The summed E-state index contributed by atoms with van der Waals surface area (Å²) in [4.78, 5) is 46.2. The highest BCUT2D eigenvalue weighted by atomic mass is 19.1. The number of nitrogens with zero attached hydrogens (tertiary/aromatic N) is 1. The van der Waals surface area contributed by atoms with E-state index in [-0.39, 0.29) is 11.4 Å². The number of nitrogens with one attached hydrogen (secondary N) is 3. The van der Waals surface area contributed by atoms with Crippen molar-refractivity contribution in [1.82, 2.24) is 9.97 Å². The van der Waals surface area contributed by atoms with Gasteiger partial charge in [0.05, 0.1) is 17.8 Å². The van der Waals surface area contributed by atoms with Crippen molar-refractivity contribution < 1.29 is 28.2 Å². The molecule has 1 aromatic heterocycles. The highest BCUT2D eigenvalue weighted by Gasteiger charge is 2.23. The molecule has 10 heteroatoms. The Kier molecular flexibility index (Phi) is 8.99. The maximum atomic E-state index is 13.7. The Labute approximate surface area is 249 Å². The van der Waals surface area contributed by atoms with E-state index in [1.807, 2.05) is 26.8 Å². The highest BCUT2D eigenvalue weighted by Crippen LogP contribution is 2.40. The van der Waals surface area contributed by atoms with Crippen LogP contribution in [0.15, 0.2) is 73.1 Å². The zero-order chi connectivity index (χ0) is 31.4. The molecule has 0 saturated heterocycles. The van der Waals surface area contributed by atoms with E-state index >= 15 is 0 Å². The van der Waals surface area contributed by atoms with Crippen molar-refractivity contribution >= 4 is 29.2 Å². The number of ether oxygens (including phenoxy) is 2. The maximum absolute atomic E-state index is 13.7. The zero-order valence-corrected chi connectivity index (χ0v) is 25.0. The fourth-order valence-corrected chi connectivity index (χ4v) is 4.17. The van der Waals surface area contributed by atoms with Crippen molar-refractivity contribution in [1.29, 1.82) is 0 Å². The van der Waals surface area contributed by atoms with E-state index < -0.39 is 41.2 Å². The number of benzene rings is 3.